The Bertz CT molecular complexity index is 1420. The van der Waals surface area contributed by atoms with Gasteiger partial charge < -0.3 is 20.5 Å². The first-order valence-electron chi connectivity index (χ1n) is 13.7. The smallest absolute Gasteiger partial charge is 0.270 e. The molecule has 0 radical (unpaired) electrons. The van der Waals surface area contributed by atoms with Gasteiger partial charge in [0, 0.05) is 18.0 Å². The van der Waals surface area contributed by atoms with Gasteiger partial charge in [0.1, 0.15) is 24.0 Å². The molecule has 208 valence electrons. The van der Waals surface area contributed by atoms with Crippen LogP contribution in [0.3, 0.4) is 0 Å². The lowest BCUT2D eigenvalue weighted by Gasteiger charge is -2.44. The third-order valence-electron chi connectivity index (χ3n) is 8.07. The molecule has 10 heteroatoms. The van der Waals surface area contributed by atoms with Crippen LogP contribution < -0.4 is 20.8 Å². The Balaban J connectivity index is 1.12. The summed E-state index contributed by atoms with van der Waals surface area (Å²) in [6.07, 6.45) is 17.3. The molecule has 1 aromatic rings. The number of amides is 2. The quantitative estimate of drug-likeness (QED) is 0.369. The number of allylic oxidation sites excluding steroid dienone is 6. The maximum atomic E-state index is 13.4. The Hall–Kier alpha value is -3.98. The van der Waals surface area contributed by atoms with Crippen LogP contribution in [-0.2, 0) is 4.79 Å². The first kappa shape index (κ1) is 26.3. The molecule has 2 heterocycles. The zero-order valence-corrected chi connectivity index (χ0v) is 22.8. The SMILES string of the molecule is O=C(NCC1(C2=CCCC=C2O)CCC1)c1c(Cl)cccc1OCC1=CC(=O)N2NC(C3=CC=CCC3)=NC2N1. The maximum Gasteiger partial charge on any atom is 0.270 e. The Kier molecular flexibility index (Phi) is 7.14. The van der Waals surface area contributed by atoms with Crippen molar-refractivity contribution in [3.05, 3.63) is 87.8 Å². The van der Waals surface area contributed by atoms with Crippen molar-refractivity contribution in [2.24, 2.45) is 10.4 Å². The lowest BCUT2D eigenvalue weighted by atomic mass is 9.62. The molecule has 2 aliphatic heterocycles. The number of nitrogens with zero attached hydrogens (tertiary/aromatic N) is 2. The van der Waals surface area contributed by atoms with Gasteiger partial charge in [-0.1, -0.05) is 48.4 Å². The van der Waals surface area contributed by atoms with Crippen LogP contribution in [0, 0.1) is 5.41 Å². The van der Waals surface area contributed by atoms with E-state index in [-0.39, 0.29) is 34.4 Å². The highest BCUT2D eigenvalue weighted by atomic mass is 35.5. The molecule has 40 heavy (non-hydrogen) atoms. The molecular weight excluding hydrogens is 530 g/mol. The highest BCUT2D eigenvalue weighted by Gasteiger charge is 2.42. The first-order valence-corrected chi connectivity index (χ1v) is 14.1. The second-order valence-electron chi connectivity index (χ2n) is 10.6. The fraction of sp³-hybridized carbons (Fsp3) is 0.367. The summed E-state index contributed by atoms with van der Waals surface area (Å²) in [5.41, 5.74) is 5.59. The van der Waals surface area contributed by atoms with E-state index in [9.17, 15) is 14.7 Å². The number of hydrazine groups is 1. The van der Waals surface area contributed by atoms with Crippen LogP contribution in [0.25, 0.3) is 0 Å². The van der Waals surface area contributed by atoms with Crippen LogP contribution in [0.4, 0.5) is 0 Å². The number of nitrogens with one attached hydrogen (secondary N) is 3. The zero-order chi connectivity index (χ0) is 27.7. The standard InChI is InChI=1S/C30H32ClN5O4/c31-22-11-6-13-24(26(22)28(39)32-18-30(14-7-15-30)21-10-4-5-12-23(21)37)40-17-20-16-25(38)36-29(33-20)34-27(35-36)19-8-2-1-3-9-19/h1-2,6,8,10-13,16,29,33,37H,3-5,7,9,14-15,17-18H2,(H,32,39)(H,34,35). The molecule has 0 aromatic heterocycles. The molecule has 9 nitrogen and oxygen atoms in total. The van der Waals surface area contributed by atoms with Crippen LogP contribution in [0.1, 0.15) is 55.3 Å². The van der Waals surface area contributed by atoms with Crippen molar-refractivity contribution >= 4 is 29.3 Å². The average molecular weight is 562 g/mol. The van der Waals surface area contributed by atoms with Crippen molar-refractivity contribution in [3.8, 4) is 5.75 Å². The van der Waals surface area contributed by atoms with Gasteiger partial charge in [0.05, 0.1) is 16.3 Å². The van der Waals surface area contributed by atoms with E-state index in [1.54, 1.807) is 18.2 Å². The summed E-state index contributed by atoms with van der Waals surface area (Å²) >= 11 is 6.47. The van der Waals surface area contributed by atoms with E-state index in [1.165, 1.54) is 11.1 Å². The van der Waals surface area contributed by atoms with Gasteiger partial charge in [-0.25, -0.2) is 10.0 Å². The predicted molar refractivity (Wildman–Crippen MR) is 152 cm³/mol. The molecule has 1 saturated carbocycles. The second-order valence-corrected chi connectivity index (χ2v) is 11.1. The van der Waals surface area contributed by atoms with Gasteiger partial charge in [0.25, 0.3) is 11.8 Å². The predicted octanol–water partition coefficient (Wildman–Crippen LogP) is 4.57. The summed E-state index contributed by atoms with van der Waals surface area (Å²) in [6, 6.07) is 5.05. The zero-order valence-electron chi connectivity index (χ0n) is 22.1. The number of ether oxygens (including phenoxy) is 1. The number of aliphatic hydroxyl groups is 1. The van der Waals surface area contributed by atoms with Gasteiger partial charge in [-0.2, -0.15) is 0 Å². The van der Waals surface area contributed by atoms with Crippen LogP contribution in [0.15, 0.2) is 82.3 Å². The van der Waals surface area contributed by atoms with Crippen molar-refractivity contribution in [2.45, 2.75) is 51.2 Å². The number of aliphatic imine (C=N–C) groups is 1. The first-order chi connectivity index (χ1) is 19.4. The molecule has 6 rings (SSSR count). The minimum absolute atomic E-state index is 0.0302. The molecule has 1 fully saturated rings. The van der Waals surface area contributed by atoms with Gasteiger partial charge in [0.15, 0.2) is 0 Å². The molecule has 4 N–H and O–H groups in total. The number of halogens is 1. The normalized spacial score (nSPS) is 22.8. The Labute approximate surface area is 238 Å². The maximum absolute atomic E-state index is 13.4. The summed E-state index contributed by atoms with van der Waals surface area (Å²) in [7, 11) is 0. The molecule has 2 amide bonds. The molecule has 0 saturated heterocycles. The van der Waals surface area contributed by atoms with E-state index in [2.05, 4.69) is 33.2 Å². The Morgan fingerprint density at radius 1 is 1.25 bits per heavy atom. The fourth-order valence-electron chi connectivity index (χ4n) is 5.75. The van der Waals surface area contributed by atoms with Crippen LogP contribution in [0.5, 0.6) is 5.75 Å². The van der Waals surface area contributed by atoms with Crippen LogP contribution >= 0.6 is 11.6 Å². The molecule has 5 aliphatic rings. The van der Waals surface area contributed by atoms with Gasteiger partial charge in [-0.3, -0.25) is 15.0 Å². The number of hydrogen-bond donors (Lipinski definition) is 4. The second kappa shape index (κ2) is 10.9. The third kappa shape index (κ3) is 5.01. The topological polar surface area (TPSA) is 115 Å². The van der Waals surface area contributed by atoms with E-state index in [4.69, 9.17) is 16.3 Å². The third-order valence-corrected chi connectivity index (χ3v) is 8.39. The number of carbonyl (C=O) groups excluding carboxylic acids is 2. The van der Waals surface area contributed by atoms with Crippen molar-refractivity contribution < 1.29 is 19.4 Å². The highest BCUT2D eigenvalue weighted by Crippen LogP contribution is 2.49. The van der Waals surface area contributed by atoms with Gasteiger partial charge >= 0.3 is 0 Å². The van der Waals surface area contributed by atoms with Crippen LogP contribution in [0.2, 0.25) is 5.02 Å². The summed E-state index contributed by atoms with van der Waals surface area (Å²) in [4.78, 5) is 30.8. The molecule has 1 aromatic carbocycles. The van der Waals surface area contributed by atoms with E-state index < -0.39 is 6.29 Å². The molecule has 1 unspecified atom stereocenters. The van der Waals surface area contributed by atoms with Crippen molar-refractivity contribution in [1.29, 1.82) is 0 Å². The summed E-state index contributed by atoms with van der Waals surface area (Å²) in [6.45, 7) is 0.432. The lowest BCUT2D eigenvalue weighted by Crippen LogP contribution is -2.53. The number of fused-ring (bicyclic) bond motifs is 1. The number of hydrogen-bond acceptors (Lipinski definition) is 7. The van der Waals surface area contributed by atoms with Crippen molar-refractivity contribution in [1.82, 2.24) is 21.1 Å². The number of rotatable bonds is 8. The summed E-state index contributed by atoms with van der Waals surface area (Å²) in [5, 5.41) is 18.5. The molecule has 0 bridgehead atoms. The highest BCUT2D eigenvalue weighted by molar-refractivity contribution is 6.34. The minimum atomic E-state index is -0.585. The summed E-state index contributed by atoms with van der Waals surface area (Å²) < 4.78 is 6.03. The van der Waals surface area contributed by atoms with Crippen molar-refractivity contribution in [3.63, 3.8) is 0 Å². The molecule has 0 spiro atoms. The molecule has 3 aliphatic carbocycles. The van der Waals surface area contributed by atoms with E-state index in [1.807, 2.05) is 18.2 Å². The molecule has 1 atom stereocenters. The fourth-order valence-corrected chi connectivity index (χ4v) is 6.01. The van der Waals surface area contributed by atoms with Crippen LogP contribution in [-0.4, -0.2) is 47.2 Å². The Morgan fingerprint density at radius 3 is 2.85 bits per heavy atom. The average Bonchev–Trinajstić information content (AvgIpc) is 3.38. The van der Waals surface area contributed by atoms with E-state index in [0.717, 1.165) is 56.1 Å². The monoisotopic (exact) mass is 561 g/mol. The van der Waals surface area contributed by atoms with E-state index >= 15 is 0 Å². The van der Waals surface area contributed by atoms with Gasteiger partial charge in [0.2, 0.25) is 6.29 Å². The van der Waals surface area contributed by atoms with Gasteiger partial charge in [-0.05, 0) is 67.9 Å². The lowest BCUT2D eigenvalue weighted by molar-refractivity contribution is -0.131. The van der Waals surface area contributed by atoms with Crippen molar-refractivity contribution in [2.75, 3.05) is 13.2 Å². The number of benzene rings is 1. The number of amidine groups is 1. The Morgan fingerprint density at radius 2 is 2.10 bits per heavy atom. The number of carbonyl (C=O) groups is 2. The van der Waals surface area contributed by atoms with Gasteiger partial charge in [-0.15, -0.1) is 0 Å². The van der Waals surface area contributed by atoms with E-state index in [0.29, 0.717) is 29.6 Å². The summed E-state index contributed by atoms with van der Waals surface area (Å²) in [5.74, 6) is 0.736. The minimum Gasteiger partial charge on any atom is -0.508 e. The number of aliphatic hydroxyl groups excluding tert-OH is 1. The largest absolute Gasteiger partial charge is 0.508 e. The molecular formula is C30H32ClN5O4.